The third kappa shape index (κ3) is 3.20. The van der Waals surface area contributed by atoms with E-state index >= 15 is 0 Å². The van der Waals surface area contributed by atoms with Gasteiger partial charge in [-0.15, -0.1) is 0 Å². The lowest BCUT2D eigenvalue weighted by molar-refractivity contribution is 1.15. The summed E-state index contributed by atoms with van der Waals surface area (Å²) in [6, 6.07) is 11.3. The third-order valence-electron chi connectivity index (χ3n) is 1.98. The number of nitrogens with one attached hydrogen (secondary N) is 1. The van der Waals surface area contributed by atoms with Gasteiger partial charge in [0.05, 0.1) is 0 Å². The van der Waals surface area contributed by atoms with Crippen molar-refractivity contribution in [2.45, 2.75) is 6.92 Å². The molecular formula is C13H10ClN3. The molecule has 3 nitrogen and oxygen atoms in total. The van der Waals surface area contributed by atoms with Crippen molar-refractivity contribution in [3.8, 4) is 11.8 Å². The van der Waals surface area contributed by atoms with Gasteiger partial charge in [-0.1, -0.05) is 35.7 Å². The molecule has 0 fully saturated rings. The molecule has 0 saturated carbocycles. The van der Waals surface area contributed by atoms with Crippen LogP contribution < -0.4 is 5.32 Å². The van der Waals surface area contributed by atoms with Crippen LogP contribution in [0.1, 0.15) is 12.6 Å². The molecule has 1 heterocycles. The smallest absolute Gasteiger partial charge is 0.229 e. The normalized spacial score (nSPS) is 9.29. The largest absolute Gasteiger partial charge is 0.324 e. The topological polar surface area (TPSA) is 37.8 Å². The Bertz CT molecular complexity index is 570. The molecule has 17 heavy (non-hydrogen) atoms. The van der Waals surface area contributed by atoms with Crippen LogP contribution in [0.5, 0.6) is 0 Å². The second-order valence-electron chi connectivity index (χ2n) is 3.27. The fourth-order valence-corrected chi connectivity index (χ4v) is 1.50. The SMILES string of the molecule is CC#Cc1cc(Cl)nc(Nc2ccccc2)n1. The highest BCUT2D eigenvalue weighted by atomic mass is 35.5. The standard InChI is InChI=1S/C13H10ClN3/c1-2-6-11-9-12(14)17-13(16-11)15-10-7-4-3-5-8-10/h3-5,7-9H,1H3,(H,15,16,17). The average Bonchev–Trinajstić information content (AvgIpc) is 2.30. The van der Waals surface area contributed by atoms with Crippen LogP contribution in [0.4, 0.5) is 11.6 Å². The first-order valence-electron chi connectivity index (χ1n) is 5.07. The van der Waals surface area contributed by atoms with E-state index in [1.807, 2.05) is 30.3 Å². The minimum atomic E-state index is 0.371. The molecule has 0 amide bonds. The maximum atomic E-state index is 5.89. The fraction of sp³-hybridized carbons (Fsp3) is 0.0769. The van der Waals surface area contributed by atoms with Crippen LogP contribution in [0.2, 0.25) is 5.15 Å². The molecule has 0 aliphatic rings. The van der Waals surface area contributed by atoms with E-state index in [1.165, 1.54) is 0 Å². The van der Waals surface area contributed by atoms with Crippen molar-refractivity contribution in [3.05, 3.63) is 47.2 Å². The van der Waals surface area contributed by atoms with Crippen molar-refractivity contribution in [1.29, 1.82) is 0 Å². The van der Waals surface area contributed by atoms with Crippen LogP contribution >= 0.6 is 11.6 Å². The van der Waals surface area contributed by atoms with E-state index in [9.17, 15) is 0 Å². The summed E-state index contributed by atoms with van der Waals surface area (Å²) in [5.74, 6) is 6.07. The lowest BCUT2D eigenvalue weighted by atomic mass is 10.3. The van der Waals surface area contributed by atoms with Crippen LogP contribution in [0, 0.1) is 11.8 Å². The number of halogens is 1. The first kappa shape index (κ1) is 11.4. The number of rotatable bonds is 2. The van der Waals surface area contributed by atoms with E-state index in [2.05, 4.69) is 27.1 Å². The maximum absolute atomic E-state index is 5.89. The molecule has 0 radical (unpaired) electrons. The maximum Gasteiger partial charge on any atom is 0.229 e. The zero-order chi connectivity index (χ0) is 12.1. The molecule has 84 valence electrons. The summed E-state index contributed by atoms with van der Waals surface area (Å²) in [5, 5.41) is 3.44. The van der Waals surface area contributed by atoms with Crippen molar-refractivity contribution >= 4 is 23.2 Å². The van der Waals surface area contributed by atoms with E-state index in [0.717, 1.165) is 5.69 Å². The Morgan fingerprint density at radius 2 is 1.94 bits per heavy atom. The summed E-state index contributed by atoms with van der Waals surface area (Å²) in [4.78, 5) is 8.33. The Morgan fingerprint density at radius 1 is 1.18 bits per heavy atom. The number of hydrogen-bond donors (Lipinski definition) is 1. The van der Waals surface area contributed by atoms with Gasteiger partial charge in [-0.05, 0) is 25.0 Å². The molecular weight excluding hydrogens is 234 g/mol. The van der Waals surface area contributed by atoms with E-state index < -0.39 is 0 Å². The summed E-state index contributed by atoms with van der Waals surface area (Å²) in [6.07, 6.45) is 0. The summed E-state index contributed by atoms with van der Waals surface area (Å²) in [5.41, 5.74) is 1.51. The Balaban J connectivity index is 2.29. The summed E-state index contributed by atoms with van der Waals surface area (Å²) in [6.45, 7) is 1.75. The highest BCUT2D eigenvalue weighted by Gasteiger charge is 2.01. The summed E-state index contributed by atoms with van der Waals surface area (Å²) < 4.78 is 0. The molecule has 2 aromatic rings. The number of para-hydroxylation sites is 1. The molecule has 1 N–H and O–H groups in total. The molecule has 0 aliphatic heterocycles. The zero-order valence-corrected chi connectivity index (χ0v) is 9.99. The Morgan fingerprint density at radius 3 is 2.65 bits per heavy atom. The number of aromatic nitrogens is 2. The van der Waals surface area contributed by atoms with Crippen molar-refractivity contribution < 1.29 is 0 Å². The van der Waals surface area contributed by atoms with E-state index in [1.54, 1.807) is 13.0 Å². The number of benzene rings is 1. The van der Waals surface area contributed by atoms with Gasteiger partial charge < -0.3 is 5.32 Å². The molecule has 4 heteroatoms. The van der Waals surface area contributed by atoms with Gasteiger partial charge in [-0.25, -0.2) is 9.97 Å². The van der Waals surface area contributed by atoms with Crippen molar-refractivity contribution in [3.63, 3.8) is 0 Å². The molecule has 0 bridgehead atoms. The quantitative estimate of drug-likeness (QED) is 0.650. The molecule has 0 saturated heterocycles. The van der Waals surface area contributed by atoms with Crippen LogP contribution in [-0.4, -0.2) is 9.97 Å². The third-order valence-corrected chi connectivity index (χ3v) is 2.17. The number of hydrogen-bond acceptors (Lipinski definition) is 3. The van der Waals surface area contributed by atoms with Crippen LogP contribution in [0.15, 0.2) is 36.4 Å². The van der Waals surface area contributed by atoms with Crippen molar-refractivity contribution in [2.75, 3.05) is 5.32 Å². The van der Waals surface area contributed by atoms with Gasteiger partial charge in [0, 0.05) is 11.8 Å². The second-order valence-corrected chi connectivity index (χ2v) is 3.65. The molecule has 0 unspecified atom stereocenters. The Kier molecular flexibility index (Phi) is 3.59. The molecule has 1 aromatic carbocycles. The van der Waals surface area contributed by atoms with Gasteiger partial charge in [-0.2, -0.15) is 0 Å². The zero-order valence-electron chi connectivity index (χ0n) is 9.24. The van der Waals surface area contributed by atoms with E-state index in [-0.39, 0.29) is 0 Å². The summed E-state index contributed by atoms with van der Waals surface area (Å²) in [7, 11) is 0. The Labute approximate surface area is 105 Å². The van der Waals surface area contributed by atoms with Gasteiger partial charge in [0.1, 0.15) is 10.8 Å². The molecule has 0 atom stereocenters. The lowest BCUT2D eigenvalue weighted by Gasteiger charge is -2.04. The van der Waals surface area contributed by atoms with Crippen molar-refractivity contribution in [1.82, 2.24) is 9.97 Å². The van der Waals surface area contributed by atoms with E-state index in [4.69, 9.17) is 11.6 Å². The van der Waals surface area contributed by atoms with Crippen LogP contribution in [-0.2, 0) is 0 Å². The van der Waals surface area contributed by atoms with Crippen LogP contribution in [0.25, 0.3) is 0 Å². The van der Waals surface area contributed by atoms with Crippen molar-refractivity contribution in [2.24, 2.45) is 0 Å². The molecule has 2 rings (SSSR count). The second kappa shape index (κ2) is 5.33. The lowest BCUT2D eigenvalue weighted by Crippen LogP contribution is -1.98. The van der Waals surface area contributed by atoms with Gasteiger partial charge in [0.2, 0.25) is 5.95 Å². The van der Waals surface area contributed by atoms with Gasteiger partial charge in [-0.3, -0.25) is 0 Å². The minimum absolute atomic E-state index is 0.371. The highest BCUT2D eigenvalue weighted by molar-refractivity contribution is 6.29. The van der Waals surface area contributed by atoms with Gasteiger partial charge in [0.25, 0.3) is 0 Å². The Hall–Kier alpha value is -2.05. The fourth-order valence-electron chi connectivity index (χ4n) is 1.32. The van der Waals surface area contributed by atoms with Gasteiger partial charge >= 0.3 is 0 Å². The number of nitrogens with zero attached hydrogens (tertiary/aromatic N) is 2. The minimum Gasteiger partial charge on any atom is -0.324 e. The molecule has 0 aliphatic carbocycles. The van der Waals surface area contributed by atoms with Gasteiger partial charge in [0.15, 0.2) is 0 Å². The predicted molar refractivity (Wildman–Crippen MR) is 69.3 cm³/mol. The first-order chi connectivity index (χ1) is 8.28. The molecule has 1 aromatic heterocycles. The van der Waals surface area contributed by atoms with Crippen LogP contribution in [0.3, 0.4) is 0 Å². The molecule has 0 spiro atoms. The predicted octanol–water partition coefficient (Wildman–Crippen LogP) is 3.25. The first-order valence-corrected chi connectivity index (χ1v) is 5.45. The number of anilines is 2. The monoisotopic (exact) mass is 243 g/mol. The highest BCUT2D eigenvalue weighted by Crippen LogP contribution is 2.15. The summed E-state index contributed by atoms with van der Waals surface area (Å²) >= 11 is 5.89. The average molecular weight is 244 g/mol. The van der Waals surface area contributed by atoms with E-state index in [0.29, 0.717) is 16.8 Å².